The highest BCUT2D eigenvalue weighted by Crippen LogP contribution is 2.37. The zero-order valence-corrected chi connectivity index (χ0v) is 17.3. The van der Waals surface area contributed by atoms with Crippen molar-refractivity contribution in [2.45, 2.75) is 38.6 Å². The van der Waals surface area contributed by atoms with Crippen LogP contribution in [0.4, 0.5) is 5.69 Å². The van der Waals surface area contributed by atoms with Gasteiger partial charge < -0.3 is 0 Å². The molecule has 3 aromatic rings. The third-order valence-electron chi connectivity index (χ3n) is 5.27. The van der Waals surface area contributed by atoms with Gasteiger partial charge in [0.25, 0.3) is 0 Å². The Hall–Kier alpha value is -2.58. The summed E-state index contributed by atoms with van der Waals surface area (Å²) in [6.07, 6.45) is 0.866. The van der Waals surface area contributed by atoms with Crippen molar-refractivity contribution < 1.29 is 0 Å². The molecule has 28 heavy (non-hydrogen) atoms. The molecule has 0 bridgehead atoms. The Morgan fingerprint density at radius 1 is 0.857 bits per heavy atom. The average Bonchev–Trinajstić information content (AvgIpc) is 3.14. The average molecular weight is 389 g/mol. The minimum absolute atomic E-state index is 0.151. The Morgan fingerprint density at radius 3 is 2.11 bits per heavy atom. The molecule has 0 radical (unpaired) electrons. The third kappa shape index (κ3) is 3.83. The topological polar surface area (TPSA) is 15.6 Å². The number of anilines is 1. The predicted molar refractivity (Wildman–Crippen MR) is 119 cm³/mol. The summed E-state index contributed by atoms with van der Waals surface area (Å²) < 4.78 is 0. The molecule has 0 fully saturated rings. The molecule has 0 saturated heterocycles. The third-order valence-corrected chi connectivity index (χ3v) is 5.52. The predicted octanol–water partition coefficient (Wildman–Crippen LogP) is 6.99. The van der Waals surface area contributed by atoms with Gasteiger partial charge in [0, 0.05) is 11.4 Å². The molecule has 0 spiro atoms. The maximum Gasteiger partial charge on any atom is 0.0831 e. The number of halogens is 1. The molecule has 1 heterocycles. The number of nitrogens with zero attached hydrogens (tertiary/aromatic N) is 2. The molecular formula is C25H25ClN2. The maximum absolute atomic E-state index is 6.11. The second-order valence-corrected chi connectivity index (χ2v) is 8.76. The number of rotatable bonds is 3. The molecule has 4 rings (SSSR count). The highest BCUT2D eigenvalue weighted by Gasteiger charge is 2.30. The van der Waals surface area contributed by atoms with Crippen molar-refractivity contribution in [3.8, 4) is 0 Å². The molecule has 2 nitrogen and oxygen atoms in total. The summed E-state index contributed by atoms with van der Waals surface area (Å²) in [5.74, 6) is 0. The van der Waals surface area contributed by atoms with Crippen LogP contribution in [0, 0.1) is 0 Å². The van der Waals surface area contributed by atoms with Crippen LogP contribution >= 0.6 is 11.6 Å². The smallest absolute Gasteiger partial charge is 0.0831 e. The molecule has 0 unspecified atom stereocenters. The first kappa shape index (κ1) is 18.8. The quantitative estimate of drug-likeness (QED) is 0.471. The van der Waals surface area contributed by atoms with E-state index in [1.54, 1.807) is 0 Å². The van der Waals surface area contributed by atoms with E-state index < -0.39 is 0 Å². The minimum atomic E-state index is 0.151. The van der Waals surface area contributed by atoms with Gasteiger partial charge in [0.2, 0.25) is 0 Å². The van der Waals surface area contributed by atoms with Gasteiger partial charge in [0.1, 0.15) is 0 Å². The summed E-state index contributed by atoms with van der Waals surface area (Å²) in [5, 5.41) is 7.91. The van der Waals surface area contributed by atoms with Gasteiger partial charge in [-0.05, 0) is 46.4 Å². The number of hydrazone groups is 1. The zero-order valence-electron chi connectivity index (χ0n) is 16.6. The normalized spacial score (nSPS) is 16.9. The molecule has 142 valence electrons. The summed E-state index contributed by atoms with van der Waals surface area (Å²) >= 11 is 6.11. The second kappa shape index (κ2) is 7.44. The van der Waals surface area contributed by atoms with E-state index in [4.69, 9.17) is 16.7 Å². The number of hydrogen-bond acceptors (Lipinski definition) is 2. The summed E-state index contributed by atoms with van der Waals surface area (Å²) in [6, 6.07) is 27.5. The van der Waals surface area contributed by atoms with Crippen LogP contribution in [0.1, 0.15) is 49.9 Å². The largest absolute Gasteiger partial charge is 0.257 e. The Bertz CT molecular complexity index is 968. The fourth-order valence-electron chi connectivity index (χ4n) is 3.61. The number of hydrogen-bond donors (Lipinski definition) is 0. The van der Waals surface area contributed by atoms with Crippen molar-refractivity contribution in [1.29, 1.82) is 0 Å². The molecule has 1 atom stereocenters. The van der Waals surface area contributed by atoms with Crippen molar-refractivity contribution in [3.63, 3.8) is 0 Å². The monoisotopic (exact) mass is 388 g/mol. The Balaban J connectivity index is 1.70. The van der Waals surface area contributed by atoms with Gasteiger partial charge >= 0.3 is 0 Å². The lowest BCUT2D eigenvalue weighted by molar-refractivity contribution is 0.590. The van der Waals surface area contributed by atoms with Gasteiger partial charge in [-0.3, -0.25) is 5.01 Å². The lowest BCUT2D eigenvalue weighted by atomic mass is 9.86. The summed E-state index contributed by atoms with van der Waals surface area (Å²) in [7, 11) is 0. The number of benzene rings is 3. The fourth-order valence-corrected chi connectivity index (χ4v) is 3.74. The summed E-state index contributed by atoms with van der Waals surface area (Å²) in [4.78, 5) is 0. The molecule has 0 saturated carbocycles. The number of para-hydroxylation sites is 1. The fraction of sp³-hybridized carbons (Fsp3) is 0.240. The van der Waals surface area contributed by atoms with Crippen LogP contribution in [0.2, 0.25) is 5.02 Å². The first-order valence-electron chi connectivity index (χ1n) is 9.70. The summed E-state index contributed by atoms with van der Waals surface area (Å²) in [5.41, 5.74) is 6.11. The van der Waals surface area contributed by atoms with E-state index in [0.29, 0.717) is 0 Å². The van der Waals surface area contributed by atoms with Crippen LogP contribution in [-0.2, 0) is 5.41 Å². The molecule has 3 heteroatoms. The van der Waals surface area contributed by atoms with Gasteiger partial charge in [-0.25, -0.2) is 0 Å². The van der Waals surface area contributed by atoms with Crippen molar-refractivity contribution >= 4 is 23.0 Å². The van der Waals surface area contributed by atoms with Crippen LogP contribution in [-0.4, -0.2) is 5.71 Å². The standard InChI is InChI=1S/C25H25ClN2/c1-25(2,3)20-13-9-18(10-14-20)23-17-24(19-11-15-21(26)16-12-19)28(27-23)22-7-5-4-6-8-22/h4-16,24H,17H2,1-3H3/t24-/m1/s1. The second-order valence-electron chi connectivity index (χ2n) is 8.33. The highest BCUT2D eigenvalue weighted by molar-refractivity contribution is 6.30. The molecule has 0 aromatic heterocycles. The van der Waals surface area contributed by atoms with Gasteiger partial charge in [-0.15, -0.1) is 0 Å². The maximum atomic E-state index is 6.11. The molecule has 1 aliphatic heterocycles. The Labute approximate surface area is 172 Å². The van der Waals surface area contributed by atoms with Crippen LogP contribution in [0.25, 0.3) is 0 Å². The highest BCUT2D eigenvalue weighted by atomic mass is 35.5. The molecular weight excluding hydrogens is 364 g/mol. The van der Waals surface area contributed by atoms with Crippen molar-refractivity contribution in [1.82, 2.24) is 0 Å². The van der Waals surface area contributed by atoms with Crippen molar-refractivity contribution in [3.05, 3.63) is 101 Å². The van der Waals surface area contributed by atoms with Gasteiger partial charge in [0.15, 0.2) is 0 Å². The zero-order chi connectivity index (χ0) is 19.7. The molecule has 3 aromatic carbocycles. The molecule has 0 N–H and O–H groups in total. The Kier molecular flexibility index (Phi) is 4.99. The molecule has 1 aliphatic rings. The Morgan fingerprint density at radius 2 is 1.50 bits per heavy atom. The van der Waals surface area contributed by atoms with Crippen molar-refractivity contribution in [2.24, 2.45) is 5.10 Å². The van der Waals surface area contributed by atoms with E-state index in [1.165, 1.54) is 16.7 Å². The van der Waals surface area contributed by atoms with Crippen LogP contribution in [0.5, 0.6) is 0 Å². The minimum Gasteiger partial charge on any atom is -0.257 e. The molecule has 0 amide bonds. The lowest BCUT2D eigenvalue weighted by Gasteiger charge is -2.24. The van der Waals surface area contributed by atoms with Crippen molar-refractivity contribution in [2.75, 3.05) is 5.01 Å². The van der Waals surface area contributed by atoms with Gasteiger partial charge in [0.05, 0.1) is 17.4 Å². The first-order chi connectivity index (χ1) is 13.4. The van der Waals surface area contributed by atoms with Gasteiger partial charge in [-0.1, -0.05) is 87.0 Å². The van der Waals surface area contributed by atoms with E-state index >= 15 is 0 Å². The van der Waals surface area contributed by atoms with E-state index in [0.717, 1.165) is 22.8 Å². The van der Waals surface area contributed by atoms with E-state index in [9.17, 15) is 0 Å². The van der Waals surface area contributed by atoms with Crippen LogP contribution < -0.4 is 5.01 Å². The van der Waals surface area contributed by atoms with E-state index in [1.807, 2.05) is 18.2 Å². The lowest BCUT2D eigenvalue weighted by Crippen LogP contribution is -2.18. The molecule has 0 aliphatic carbocycles. The van der Waals surface area contributed by atoms with Gasteiger partial charge in [-0.2, -0.15) is 5.10 Å². The van der Waals surface area contributed by atoms with Crippen LogP contribution in [0.3, 0.4) is 0 Å². The van der Waals surface area contributed by atoms with Crippen LogP contribution in [0.15, 0.2) is 84.0 Å². The van der Waals surface area contributed by atoms with E-state index in [2.05, 4.69) is 86.4 Å². The SMILES string of the molecule is CC(C)(C)c1ccc(C2=NN(c3ccccc3)[C@@H](c3ccc(Cl)cc3)C2)cc1. The van der Waals surface area contributed by atoms with E-state index in [-0.39, 0.29) is 11.5 Å². The first-order valence-corrected chi connectivity index (χ1v) is 10.1. The summed E-state index contributed by atoms with van der Waals surface area (Å²) in [6.45, 7) is 6.72.